The van der Waals surface area contributed by atoms with E-state index in [4.69, 9.17) is 18.0 Å². The molecule has 1 amide bonds. The number of nitrogens with one attached hydrogen (secondary N) is 1. The Bertz CT molecular complexity index is 480. The van der Waals surface area contributed by atoms with Crippen molar-refractivity contribution < 1.29 is 13.6 Å². The van der Waals surface area contributed by atoms with Crippen molar-refractivity contribution in [1.29, 1.82) is 0 Å². The van der Waals surface area contributed by atoms with Crippen molar-refractivity contribution in [2.75, 3.05) is 0 Å². The Morgan fingerprint density at radius 1 is 1.42 bits per heavy atom. The first kappa shape index (κ1) is 15.5. The normalized spacial score (nSPS) is 11.9. The Morgan fingerprint density at radius 3 is 2.63 bits per heavy atom. The topological polar surface area (TPSA) is 55.1 Å². The summed E-state index contributed by atoms with van der Waals surface area (Å²) in [7, 11) is 0. The first-order valence-electron chi connectivity index (χ1n) is 5.96. The van der Waals surface area contributed by atoms with Crippen molar-refractivity contribution in [3.63, 3.8) is 0 Å². The van der Waals surface area contributed by atoms with E-state index < -0.39 is 11.6 Å². The van der Waals surface area contributed by atoms with Gasteiger partial charge in [-0.3, -0.25) is 4.79 Å². The van der Waals surface area contributed by atoms with E-state index >= 15 is 0 Å². The van der Waals surface area contributed by atoms with Crippen LogP contribution in [0.15, 0.2) is 18.2 Å². The first-order chi connectivity index (χ1) is 8.93. The van der Waals surface area contributed by atoms with Gasteiger partial charge in [0, 0.05) is 0 Å². The fourth-order valence-corrected chi connectivity index (χ4v) is 1.83. The van der Waals surface area contributed by atoms with E-state index in [1.807, 2.05) is 6.92 Å². The molecule has 1 rings (SSSR count). The number of thiocarbonyl (C=S) groups is 1. The van der Waals surface area contributed by atoms with Gasteiger partial charge in [-0.2, -0.15) is 0 Å². The van der Waals surface area contributed by atoms with Gasteiger partial charge in [-0.15, -0.1) is 0 Å². The summed E-state index contributed by atoms with van der Waals surface area (Å²) in [6.45, 7) is 1.95. The van der Waals surface area contributed by atoms with Crippen LogP contribution in [-0.4, -0.2) is 16.9 Å². The molecule has 1 atom stereocenters. The number of carbonyl (C=O) groups excluding carboxylic acids is 1. The number of hydrogen-bond donors (Lipinski definition) is 2. The molecule has 0 saturated carbocycles. The lowest BCUT2D eigenvalue weighted by molar-refractivity contribution is -0.120. The third-order valence-electron chi connectivity index (χ3n) is 2.60. The van der Waals surface area contributed by atoms with Gasteiger partial charge in [-0.25, -0.2) is 8.78 Å². The number of halogens is 2. The summed E-state index contributed by atoms with van der Waals surface area (Å²) in [5.74, 6) is -2.22. The Hall–Kier alpha value is -1.56. The predicted octanol–water partition coefficient (Wildman–Crippen LogP) is 2.08. The SMILES string of the molecule is CCCC(NC(=O)Cc1ccc(F)c(F)c1)C(N)=S. The lowest BCUT2D eigenvalue weighted by atomic mass is 10.1. The highest BCUT2D eigenvalue weighted by atomic mass is 32.1. The third kappa shape index (κ3) is 4.90. The number of amides is 1. The molecule has 1 aromatic rings. The Morgan fingerprint density at radius 2 is 2.11 bits per heavy atom. The van der Waals surface area contributed by atoms with Crippen LogP contribution in [0, 0.1) is 11.6 Å². The van der Waals surface area contributed by atoms with Crippen molar-refractivity contribution in [1.82, 2.24) is 5.32 Å². The van der Waals surface area contributed by atoms with E-state index in [1.165, 1.54) is 6.07 Å². The van der Waals surface area contributed by atoms with Gasteiger partial charge in [-0.1, -0.05) is 31.6 Å². The van der Waals surface area contributed by atoms with Crippen LogP contribution in [0.3, 0.4) is 0 Å². The number of nitrogens with two attached hydrogens (primary N) is 1. The summed E-state index contributed by atoms with van der Waals surface area (Å²) in [6.07, 6.45) is 1.44. The summed E-state index contributed by atoms with van der Waals surface area (Å²) in [4.78, 5) is 12.0. The molecule has 0 aromatic heterocycles. The standard InChI is InChI=1S/C13H16F2N2OS/c1-2-3-11(13(16)19)17-12(18)7-8-4-5-9(14)10(15)6-8/h4-6,11H,2-3,7H2,1H3,(H2,16,19)(H,17,18). The third-order valence-corrected chi connectivity index (χ3v) is 2.89. The minimum absolute atomic E-state index is 0.0416. The van der Waals surface area contributed by atoms with E-state index in [1.54, 1.807) is 0 Å². The second-order valence-electron chi connectivity index (χ2n) is 4.24. The van der Waals surface area contributed by atoms with Gasteiger partial charge in [0.1, 0.15) is 0 Å². The molecule has 3 nitrogen and oxygen atoms in total. The van der Waals surface area contributed by atoms with Gasteiger partial charge in [0.15, 0.2) is 11.6 Å². The zero-order valence-corrected chi connectivity index (χ0v) is 11.4. The van der Waals surface area contributed by atoms with Crippen LogP contribution in [0.4, 0.5) is 8.78 Å². The van der Waals surface area contributed by atoms with E-state index in [9.17, 15) is 13.6 Å². The maximum atomic E-state index is 13.0. The van der Waals surface area contributed by atoms with Crippen molar-refractivity contribution in [3.05, 3.63) is 35.4 Å². The molecule has 1 unspecified atom stereocenters. The minimum atomic E-state index is -0.968. The summed E-state index contributed by atoms with van der Waals surface area (Å²) < 4.78 is 25.7. The summed E-state index contributed by atoms with van der Waals surface area (Å²) in [5, 5.41) is 2.68. The molecule has 0 aliphatic rings. The molecule has 104 valence electrons. The van der Waals surface area contributed by atoms with Crippen molar-refractivity contribution in [2.24, 2.45) is 5.73 Å². The molecule has 3 N–H and O–H groups in total. The molecule has 19 heavy (non-hydrogen) atoms. The van der Waals surface area contributed by atoms with Crippen LogP contribution in [0.25, 0.3) is 0 Å². The first-order valence-corrected chi connectivity index (χ1v) is 6.37. The van der Waals surface area contributed by atoms with Gasteiger partial charge in [-0.05, 0) is 24.1 Å². The molecule has 0 heterocycles. The molecular weight excluding hydrogens is 270 g/mol. The average molecular weight is 286 g/mol. The number of hydrogen-bond acceptors (Lipinski definition) is 2. The molecule has 0 fully saturated rings. The highest BCUT2D eigenvalue weighted by molar-refractivity contribution is 7.80. The lowest BCUT2D eigenvalue weighted by Gasteiger charge is -2.16. The van der Waals surface area contributed by atoms with Gasteiger partial charge < -0.3 is 11.1 Å². The molecule has 0 aliphatic carbocycles. The Balaban J connectivity index is 2.63. The van der Waals surface area contributed by atoms with Gasteiger partial charge in [0.25, 0.3) is 0 Å². The number of carbonyl (C=O) groups is 1. The van der Waals surface area contributed by atoms with Gasteiger partial charge >= 0.3 is 0 Å². The molecule has 6 heteroatoms. The molecule has 0 aliphatic heterocycles. The molecule has 0 saturated heterocycles. The second kappa shape index (κ2) is 7.13. The number of rotatable bonds is 6. The summed E-state index contributed by atoms with van der Waals surface area (Å²) in [5.41, 5.74) is 5.91. The van der Waals surface area contributed by atoms with E-state index in [0.29, 0.717) is 12.0 Å². The van der Waals surface area contributed by atoms with Gasteiger partial charge in [0.2, 0.25) is 5.91 Å². The lowest BCUT2D eigenvalue weighted by Crippen LogP contribution is -2.44. The molecular formula is C13H16F2N2OS. The van der Waals surface area contributed by atoms with Crippen molar-refractivity contribution in [2.45, 2.75) is 32.2 Å². The Labute approximate surface area is 116 Å². The molecule has 0 spiro atoms. The van der Waals surface area contributed by atoms with Crippen molar-refractivity contribution >= 4 is 23.1 Å². The fourth-order valence-electron chi connectivity index (χ4n) is 1.65. The summed E-state index contributed by atoms with van der Waals surface area (Å²) in [6, 6.07) is 3.01. The van der Waals surface area contributed by atoms with Crippen LogP contribution in [0.2, 0.25) is 0 Å². The quantitative estimate of drug-likeness (QED) is 0.787. The van der Waals surface area contributed by atoms with Crippen LogP contribution >= 0.6 is 12.2 Å². The van der Waals surface area contributed by atoms with Crippen LogP contribution in [0.1, 0.15) is 25.3 Å². The summed E-state index contributed by atoms with van der Waals surface area (Å²) >= 11 is 4.86. The second-order valence-corrected chi connectivity index (χ2v) is 4.71. The number of benzene rings is 1. The zero-order chi connectivity index (χ0) is 14.4. The van der Waals surface area contributed by atoms with E-state index in [0.717, 1.165) is 18.6 Å². The largest absolute Gasteiger partial charge is 0.392 e. The maximum Gasteiger partial charge on any atom is 0.224 e. The Kier molecular flexibility index (Phi) is 5.82. The van der Waals surface area contributed by atoms with Crippen molar-refractivity contribution in [3.8, 4) is 0 Å². The minimum Gasteiger partial charge on any atom is -0.392 e. The van der Waals surface area contributed by atoms with Crippen LogP contribution in [0.5, 0.6) is 0 Å². The fraction of sp³-hybridized carbons (Fsp3) is 0.385. The average Bonchev–Trinajstić information content (AvgIpc) is 2.33. The predicted molar refractivity (Wildman–Crippen MR) is 73.7 cm³/mol. The van der Waals surface area contributed by atoms with Crippen LogP contribution in [-0.2, 0) is 11.2 Å². The van der Waals surface area contributed by atoms with Gasteiger partial charge in [0.05, 0.1) is 17.5 Å². The highest BCUT2D eigenvalue weighted by Crippen LogP contribution is 2.09. The van der Waals surface area contributed by atoms with E-state index in [2.05, 4.69) is 5.32 Å². The zero-order valence-electron chi connectivity index (χ0n) is 10.6. The van der Waals surface area contributed by atoms with E-state index in [-0.39, 0.29) is 23.4 Å². The van der Waals surface area contributed by atoms with Crippen LogP contribution < -0.4 is 11.1 Å². The highest BCUT2D eigenvalue weighted by Gasteiger charge is 2.14. The molecule has 0 bridgehead atoms. The monoisotopic (exact) mass is 286 g/mol. The molecule has 0 radical (unpaired) electrons. The smallest absolute Gasteiger partial charge is 0.224 e. The molecule has 1 aromatic carbocycles. The maximum absolute atomic E-state index is 13.0.